The zero-order valence-electron chi connectivity index (χ0n) is 13.7. The predicted molar refractivity (Wildman–Crippen MR) is 85.5 cm³/mol. The van der Waals surface area contributed by atoms with Crippen LogP contribution in [0.3, 0.4) is 0 Å². The lowest BCUT2D eigenvalue weighted by Crippen LogP contribution is -2.34. The molecule has 0 unspecified atom stereocenters. The van der Waals surface area contributed by atoms with Crippen LogP contribution >= 0.6 is 0 Å². The van der Waals surface area contributed by atoms with Crippen LogP contribution in [-0.2, 0) is 18.3 Å². The van der Waals surface area contributed by atoms with Crippen molar-refractivity contribution in [2.45, 2.75) is 44.4 Å². The Morgan fingerprint density at radius 1 is 1.23 bits per heavy atom. The molecule has 0 bridgehead atoms. The van der Waals surface area contributed by atoms with E-state index in [2.05, 4.69) is 21.1 Å². The molecule has 1 aromatic rings. The van der Waals surface area contributed by atoms with Gasteiger partial charge in [-0.25, -0.2) is 0 Å². The zero-order chi connectivity index (χ0) is 14.9. The fraction of sp³-hybridized carbons (Fsp3) is 0.824. The first-order valence-electron chi connectivity index (χ1n) is 8.83. The summed E-state index contributed by atoms with van der Waals surface area (Å²) >= 11 is 0. The molecule has 4 rings (SSSR count). The summed E-state index contributed by atoms with van der Waals surface area (Å²) in [5.41, 5.74) is 1.31. The van der Waals surface area contributed by atoms with E-state index in [-0.39, 0.29) is 0 Å². The van der Waals surface area contributed by atoms with E-state index in [9.17, 15) is 0 Å². The van der Waals surface area contributed by atoms with E-state index >= 15 is 0 Å². The standard InChI is InChI=1S/C17H28N4O/c1-19-9-14(8-18-19)10-20-6-7-22-17-13-21(12-15(17)11-20)16-4-2-3-5-16/h8-9,15-17H,2-7,10-13H2,1H3/t15-,17+/m1/s1. The molecule has 3 aliphatic rings. The van der Waals surface area contributed by atoms with Gasteiger partial charge in [0.1, 0.15) is 0 Å². The number of aryl methyl sites for hydroxylation is 1. The quantitative estimate of drug-likeness (QED) is 0.847. The lowest BCUT2D eigenvalue weighted by Gasteiger charge is -2.25. The maximum Gasteiger partial charge on any atom is 0.0755 e. The molecule has 22 heavy (non-hydrogen) atoms. The fourth-order valence-corrected chi connectivity index (χ4v) is 4.52. The Kier molecular flexibility index (Phi) is 4.20. The molecule has 1 saturated carbocycles. The van der Waals surface area contributed by atoms with Gasteiger partial charge in [-0.3, -0.25) is 14.5 Å². The second kappa shape index (κ2) is 6.30. The molecule has 3 fully saturated rings. The minimum atomic E-state index is 0.458. The minimum Gasteiger partial charge on any atom is -0.375 e. The molecule has 0 N–H and O–H groups in total. The van der Waals surface area contributed by atoms with E-state index in [4.69, 9.17) is 4.74 Å². The monoisotopic (exact) mass is 304 g/mol. The Balaban J connectivity index is 1.37. The Bertz CT molecular complexity index is 497. The highest BCUT2D eigenvalue weighted by Crippen LogP contribution is 2.31. The first-order valence-corrected chi connectivity index (χ1v) is 8.83. The van der Waals surface area contributed by atoms with Gasteiger partial charge in [-0.05, 0) is 12.8 Å². The number of ether oxygens (including phenoxy) is 1. The van der Waals surface area contributed by atoms with Crippen LogP contribution in [0.25, 0.3) is 0 Å². The molecule has 5 nitrogen and oxygen atoms in total. The van der Waals surface area contributed by atoms with Crippen molar-refractivity contribution in [2.24, 2.45) is 13.0 Å². The average molecular weight is 304 g/mol. The van der Waals surface area contributed by atoms with Crippen molar-refractivity contribution in [1.82, 2.24) is 19.6 Å². The summed E-state index contributed by atoms with van der Waals surface area (Å²) in [5, 5.41) is 4.29. The van der Waals surface area contributed by atoms with Crippen molar-refractivity contribution in [1.29, 1.82) is 0 Å². The molecule has 2 aliphatic heterocycles. The number of rotatable bonds is 3. The first-order chi connectivity index (χ1) is 10.8. The van der Waals surface area contributed by atoms with Gasteiger partial charge in [0.2, 0.25) is 0 Å². The van der Waals surface area contributed by atoms with Crippen LogP contribution < -0.4 is 0 Å². The van der Waals surface area contributed by atoms with Crippen molar-refractivity contribution in [3.05, 3.63) is 18.0 Å². The van der Waals surface area contributed by atoms with Gasteiger partial charge in [-0.1, -0.05) is 12.8 Å². The molecule has 122 valence electrons. The molecule has 1 aliphatic carbocycles. The number of hydrogen-bond acceptors (Lipinski definition) is 4. The molecule has 2 atom stereocenters. The lowest BCUT2D eigenvalue weighted by molar-refractivity contribution is 0.0487. The van der Waals surface area contributed by atoms with Crippen molar-refractivity contribution in [3.63, 3.8) is 0 Å². The van der Waals surface area contributed by atoms with Crippen LogP contribution in [0, 0.1) is 5.92 Å². The predicted octanol–water partition coefficient (Wildman–Crippen LogP) is 1.50. The van der Waals surface area contributed by atoms with Gasteiger partial charge in [0.15, 0.2) is 0 Å². The maximum atomic E-state index is 6.19. The van der Waals surface area contributed by atoms with Gasteiger partial charge >= 0.3 is 0 Å². The minimum absolute atomic E-state index is 0.458. The van der Waals surface area contributed by atoms with E-state index in [1.807, 2.05) is 17.9 Å². The second-order valence-corrected chi connectivity index (χ2v) is 7.32. The highest BCUT2D eigenvalue weighted by atomic mass is 16.5. The smallest absolute Gasteiger partial charge is 0.0755 e. The van der Waals surface area contributed by atoms with Gasteiger partial charge in [0.25, 0.3) is 0 Å². The third kappa shape index (κ3) is 3.07. The third-order valence-electron chi connectivity index (χ3n) is 5.65. The van der Waals surface area contributed by atoms with Gasteiger partial charge in [0.05, 0.1) is 18.9 Å². The van der Waals surface area contributed by atoms with E-state index in [0.29, 0.717) is 12.0 Å². The Morgan fingerprint density at radius 3 is 2.86 bits per heavy atom. The molecule has 3 heterocycles. The Hall–Kier alpha value is -0.910. The number of likely N-dealkylation sites (tertiary alicyclic amines) is 1. The Labute approximate surface area is 133 Å². The summed E-state index contributed by atoms with van der Waals surface area (Å²) in [5.74, 6) is 0.680. The summed E-state index contributed by atoms with van der Waals surface area (Å²) in [6.45, 7) is 6.49. The van der Waals surface area contributed by atoms with Crippen LogP contribution in [0.5, 0.6) is 0 Å². The molecule has 0 radical (unpaired) electrons. The molecule has 1 aromatic heterocycles. The SMILES string of the molecule is Cn1cc(CN2CCO[C@H]3CN(C4CCCC4)C[C@H]3C2)cn1. The van der Waals surface area contributed by atoms with Gasteiger partial charge in [0, 0.05) is 63.5 Å². The summed E-state index contributed by atoms with van der Waals surface area (Å²) < 4.78 is 8.08. The van der Waals surface area contributed by atoms with Gasteiger partial charge in [-0.15, -0.1) is 0 Å². The van der Waals surface area contributed by atoms with Crippen LogP contribution in [-0.4, -0.2) is 64.5 Å². The molecular weight excluding hydrogens is 276 g/mol. The highest BCUT2D eigenvalue weighted by molar-refractivity contribution is 5.04. The summed E-state index contributed by atoms with van der Waals surface area (Å²) in [4.78, 5) is 5.27. The summed E-state index contributed by atoms with van der Waals surface area (Å²) in [6.07, 6.45) is 10.2. The number of fused-ring (bicyclic) bond motifs is 1. The van der Waals surface area contributed by atoms with Gasteiger partial charge in [-0.2, -0.15) is 5.10 Å². The van der Waals surface area contributed by atoms with E-state index in [1.165, 1.54) is 44.3 Å². The van der Waals surface area contributed by atoms with Crippen molar-refractivity contribution in [3.8, 4) is 0 Å². The third-order valence-corrected chi connectivity index (χ3v) is 5.65. The topological polar surface area (TPSA) is 33.5 Å². The molecular formula is C17H28N4O. The van der Waals surface area contributed by atoms with E-state index < -0.39 is 0 Å². The molecule has 0 spiro atoms. The highest BCUT2D eigenvalue weighted by Gasteiger charge is 2.39. The Morgan fingerprint density at radius 2 is 2.09 bits per heavy atom. The lowest BCUT2D eigenvalue weighted by atomic mass is 10.1. The summed E-state index contributed by atoms with van der Waals surface area (Å²) in [7, 11) is 1.99. The van der Waals surface area contributed by atoms with Crippen LogP contribution in [0.1, 0.15) is 31.2 Å². The number of hydrogen-bond donors (Lipinski definition) is 0. The van der Waals surface area contributed by atoms with Crippen LogP contribution in [0.15, 0.2) is 12.4 Å². The van der Waals surface area contributed by atoms with Crippen molar-refractivity contribution >= 4 is 0 Å². The maximum absolute atomic E-state index is 6.19. The largest absolute Gasteiger partial charge is 0.375 e. The van der Waals surface area contributed by atoms with E-state index in [0.717, 1.165) is 32.3 Å². The average Bonchev–Trinajstić information content (AvgIpc) is 3.20. The van der Waals surface area contributed by atoms with Crippen molar-refractivity contribution < 1.29 is 4.74 Å². The molecule has 0 amide bonds. The fourth-order valence-electron chi connectivity index (χ4n) is 4.52. The zero-order valence-corrected chi connectivity index (χ0v) is 13.7. The summed E-state index contributed by atoms with van der Waals surface area (Å²) in [6, 6.07) is 0.835. The second-order valence-electron chi connectivity index (χ2n) is 7.32. The normalized spacial score (nSPS) is 31.5. The molecule has 2 saturated heterocycles. The number of nitrogens with zero attached hydrogens (tertiary/aromatic N) is 4. The number of aromatic nitrogens is 2. The molecule has 5 heteroatoms. The van der Waals surface area contributed by atoms with Crippen LogP contribution in [0.2, 0.25) is 0 Å². The van der Waals surface area contributed by atoms with Gasteiger partial charge < -0.3 is 4.74 Å². The van der Waals surface area contributed by atoms with E-state index in [1.54, 1.807) is 0 Å². The molecule has 0 aromatic carbocycles. The van der Waals surface area contributed by atoms with Crippen molar-refractivity contribution in [2.75, 3.05) is 32.8 Å². The first kappa shape index (κ1) is 14.7. The van der Waals surface area contributed by atoms with Crippen LogP contribution in [0.4, 0.5) is 0 Å².